The van der Waals surface area contributed by atoms with E-state index in [0.29, 0.717) is 0 Å². The second kappa shape index (κ2) is 5.87. The summed E-state index contributed by atoms with van der Waals surface area (Å²) in [6.07, 6.45) is 1.99. The standard InChI is InChI=1S/C14H20N2O2/c1-10(11-6-3-4-8-13(11)18-2)16-14(17)12-7-5-9-15-12/h3-4,6,8,10,12,15H,5,7,9H2,1-2H3,(H,16,17)/t10?,12-/m1/s1. The van der Waals surface area contributed by atoms with Crippen LogP contribution in [0.25, 0.3) is 0 Å². The number of rotatable bonds is 4. The van der Waals surface area contributed by atoms with Gasteiger partial charge in [0.05, 0.1) is 19.2 Å². The van der Waals surface area contributed by atoms with Crippen LogP contribution < -0.4 is 15.4 Å². The molecule has 1 aliphatic heterocycles. The van der Waals surface area contributed by atoms with E-state index in [1.165, 1.54) is 0 Å². The van der Waals surface area contributed by atoms with E-state index in [1.54, 1.807) is 7.11 Å². The first kappa shape index (κ1) is 12.9. The largest absolute Gasteiger partial charge is 0.496 e. The Hall–Kier alpha value is -1.55. The van der Waals surface area contributed by atoms with E-state index in [-0.39, 0.29) is 18.0 Å². The number of carbonyl (C=O) groups is 1. The molecule has 0 aliphatic carbocycles. The number of carbonyl (C=O) groups excluding carboxylic acids is 1. The van der Waals surface area contributed by atoms with E-state index in [2.05, 4.69) is 10.6 Å². The molecule has 0 bridgehead atoms. The Morgan fingerprint density at radius 1 is 1.50 bits per heavy atom. The Labute approximate surface area is 108 Å². The third-order valence-electron chi connectivity index (χ3n) is 3.34. The summed E-state index contributed by atoms with van der Waals surface area (Å²) in [4.78, 5) is 12.0. The Morgan fingerprint density at radius 3 is 2.94 bits per heavy atom. The molecule has 4 nitrogen and oxygen atoms in total. The lowest BCUT2D eigenvalue weighted by molar-refractivity contribution is -0.123. The highest BCUT2D eigenvalue weighted by molar-refractivity contribution is 5.82. The smallest absolute Gasteiger partial charge is 0.237 e. The van der Waals surface area contributed by atoms with Crippen molar-refractivity contribution in [2.45, 2.75) is 31.8 Å². The van der Waals surface area contributed by atoms with Crippen LogP contribution in [0.5, 0.6) is 5.75 Å². The number of amides is 1. The highest BCUT2D eigenvalue weighted by Gasteiger charge is 2.23. The van der Waals surface area contributed by atoms with E-state index in [0.717, 1.165) is 30.7 Å². The molecule has 1 saturated heterocycles. The molecule has 98 valence electrons. The molecular formula is C14H20N2O2. The SMILES string of the molecule is COc1ccccc1C(C)NC(=O)[C@H]1CCCN1. The van der Waals surface area contributed by atoms with Gasteiger partial charge in [-0.3, -0.25) is 4.79 Å². The Morgan fingerprint density at radius 2 is 2.28 bits per heavy atom. The zero-order valence-corrected chi connectivity index (χ0v) is 10.9. The second-order valence-corrected chi connectivity index (χ2v) is 4.62. The van der Waals surface area contributed by atoms with Crippen LogP contribution in [0.3, 0.4) is 0 Å². The molecule has 0 radical (unpaired) electrons. The molecule has 18 heavy (non-hydrogen) atoms. The van der Waals surface area contributed by atoms with Gasteiger partial charge in [-0.05, 0) is 32.4 Å². The Bertz CT molecular complexity index is 414. The molecule has 2 N–H and O–H groups in total. The number of hydrogen-bond acceptors (Lipinski definition) is 3. The molecule has 0 aromatic heterocycles. The lowest BCUT2D eigenvalue weighted by Gasteiger charge is -2.19. The molecule has 1 heterocycles. The average Bonchev–Trinajstić information content (AvgIpc) is 2.92. The van der Waals surface area contributed by atoms with E-state index in [9.17, 15) is 4.79 Å². The van der Waals surface area contributed by atoms with Crippen molar-refractivity contribution < 1.29 is 9.53 Å². The topological polar surface area (TPSA) is 50.4 Å². The first-order chi connectivity index (χ1) is 8.72. The number of nitrogens with one attached hydrogen (secondary N) is 2. The third-order valence-corrected chi connectivity index (χ3v) is 3.34. The summed E-state index contributed by atoms with van der Waals surface area (Å²) in [6.45, 7) is 2.91. The predicted octanol–water partition coefficient (Wildman–Crippen LogP) is 1.62. The molecule has 1 aliphatic rings. The highest BCUT2D eigenvalue weighted by Crippen LogP contribution is 2.24. The van der Waals surface area contributed by atoms with Gasteiger partial charge in [0.1, 0.15) is 5.75 Å². The predicted molar refractivity (Wildman–Crippen MR) is 70.6 cm³/mol. The molecule has 4 heteroatoms. The van der Waals surface area contributed by atoms with Gasteiger partial charge < -0.3 is 15.4 Å². The molecule has 1 aromatic carbocycles. The zero-order chi connectivity index (χ0) is 13.0. The molecule has 2 rings (SSSR count). The van der Waals surface area contributed by atoms with Crippen molar-refractivity contribution in [3.05, 3.63) is 29.8 Å². The number of hydrogen-bond donors (Lipinski definition) is 2. The van der Waals surface area contributed by atoms with Crippen LogP contribution in [0.2, 0.25) is 0 Å². The van der Waals surface area contributed by atoms with Crippen molar-refractivity contribution in [3.8, 4) is 5.75 Å². The number of para-hydroxylation sites is 1. The number of methoxy groups -OCH3 is 1. The summed E-state index contributed by atoms with van der Waals surface area (Å²) >= 11 is 0. The van der Waals surface area contributed by atoms with Gasteiger partial charge in [0.15, 0.2) is 0 Å². The molecule has 2 atom stereocenters. The van der Waals surface area contributed by atoms with Gasteiger partial charge in [0.25, 0.3) is 0 Å². The minimum Gasteiger partial charge on any atom is -0.496 e. The quantitative estimate of drug-likeness (QED) is 0.851. The third kappa shape index (κ3) is 2.82. The van der Waals surface area contributed by atoms with E-state index in [1.807, 2.05) is 31.2 Å². The summed E-state index contributed by atoms with van der Waals surface area (Å²) < 4.78 is 5.31. The van der Waals surface area contributed by atoms with Crippen LogP contribution in [-0.4, -0.2) is 25.6 Å². The van der Waals surface area contributed by atoms with Crippen molar-refractivity contribution in [3.63, 3.8) is 0 Å². The number of ether oxygens (including phenoxy) is 1. The fourth-order valence-corrected chi connectivity index (χ4v) is 2.32. The molecule has 1 unspecified atom stereocenters. The Kier molecular flexibility index (Phi) is 4.20. The summed E-state index contributed by atoms with van der Waals surface area (Å²) in [5, 5.41) is 6.23. The second-order valence-electron chi connectivity index (χ2n) is 4.62. The van der Waals surface area contributed by atoms with Crippen LogP contribution in [0.4, 0.5) is 0 Å². The van der Waals surface area contributed by atoms with Gasteiger partial charge in [0, 0.05) is 5.56 Å². The minimum atomic E-state index is -0.0453. The normalized spacial score (nSPS) is 20.4. The van der Waals surface area contributed by atoms with Crippen molar-refractivity contribution in [1.82, 2.24) is 10.6 Å². The van der Waals surface area contributed by atoms with Gasteiger partial charge in [-0.15, -0.1) is 0 Å². The lowest BCUT2D eigenvalue weighted by atomic mass is 10.1. The fourth-order valence-electron chi connectivity index (χ4n) is 2.32. The monoisotopic (exact) mass is 248 g/mol. The van der Waals surface area contributed by atoms with Crippen LogP contribution in [-0.2, 0) is 4.79 Å². The maximum atomic E-state index is 12.0. The van der Waals surface area contributed by atoms with Crippen molar-refractivity contribution in [2.75, 3.05) is 13.7 Å². The molecular weight excluding hydrogens is 228 g/mol. The molecule has 1 aromatic rings. The van der Waals surface area contributed by atoms with Gasteiger partial charge in [-0.1, -0.05) is 18.2 Å². The fraction of sp³-hybridized carbons (Fsp3) is 0.500. The van der Waals surface area contributed by atoms with Gasteiger partial charge in [0.2, 0.25) is 5.91 Å². The molecule has 1 fully saturated rings. The van der Waals surface area contributed by atoms with E-state index in [4.69, 9.17) is 4.74 Å². The zero-order valence-electron chi connectivity index (χ0n) is 10.9. The lowest BCUT2D eigenvalue weighted by Crippen LogP contribution is -2.41. The van der Waals surface area contributed by atoms with Crippen LogP contribution >= 0.6 is 0 Å². The van der Waals surface area contributed by atoms with Crippen molar-refractivity contribution in [2.24, 2.45) is 0 Å². The maximum Gasteiger partial charge on any atom is 0.237 e. The molecule has 0 saturated carbocycles. The molecule has 0 spiro atoms. The van der Waals surface area contributed by atoms with Gasteiger partial charge >= 0.3 is 0 Å². The van der Waals surface area contributed by atoms with E-state index >= 15 is 0 Å². The van der Waals surface area contributed by atoms with E-state index < -0.39 is 0 Å². The summed E-state index contributed by atoms with van der Waals surface area (Å²) in [6, 6.07) is 7.68. The van der Waals surface area contributed by atoms with Gasteiger partial charge in [-0.2, -0.15) is 0 Å². The summed E-state index contributed by atoms with van der Waals surface area (Å²) in [7, 11) is 1.64. The van der Waals surface area contributed by atoms with Crippen LogP contribution in [0.1, 0.15) is 31.4 Å². The first-order valence-electron chi connectivity index (χ1n) is 6.39. The minimum absolute atomic E-state index is 0.0397. The summed E-state index contributed by atoms with van der Waals surface area (Å²) in [5.41, 5.74) is 1.01. The maximum absolute atomic E-state index is 12.0. The van der Waals surface area contributed by atoms with Crippen LogP contribution in [0, 0.1) is 0 Å². The molecule has 1 amide bonds. The highest BCUT2D eigenvalue weighted by atomic mass is 16.5. The van der Waals surface area contributed by atoms with Crippen molar-refractivity contribution in [1.29, 1.82) is 0 Å². The number of benzene rings is 1. The summed E-state index contributed by atoms with van der Waals surface area (Å²) in [5.74, 6) is 0.885. The first-order valence-corrected chi connectivity index (χ1v) is 6.39. The van der Waals surface area contributed by atoms with Gasteiger partial charge in [-0.25, -0.2) is 0 Å². The van der Waals surface area contributed by atoms with Crippen LogP contribution in [0.15, 0.2) is 24.3 Å². The average molecular weight is 248 g/mol. The van der Waals surface area contributed by atoms with Crippen molar-refractivity contribution >= 4 is 5.91 Å². The Balaban J connectivity index is 2.02.